The molecule has 0 saturated carbocycles. The lowest BCUT2D eigenvalue weighted by molar-refractivity contribution is 0.332. The highest BCUT2D eigenvalue weighted by molar-refractivity contribution is 6.31. The summed E-state index contributed by atoms with van der Waals surface area (Å²) < 4.78 is 0. The predicted octanol–water partition coefficient (Wildman–Crippen LogP) is 3.22. The van der Waals surface area contributed by atoms with Crippen LogP contribution in [0.5, 0.6) is 0 Å². The van der Waals surface area contributed by atoms with Crippen LogP contribution in [0.15, 0.2) is 30.0 Å². The van der Waals surface area contributed by atoms with Crippen LogP contribution in [0.4, 0.5) is 0 Å². The number of hydrogen-bond donors (Lipinski definition) is 2. The standard InChI is InChI=1S/C12H12ClNO/c1-8(7-15)4-9-6-14-12-5-10(13)2-3-11(9)12/h2-6,14-15H,7H2,1H3/b8-4-. The van der Waals surface area contributed by atoms with Gasteiger partial charge in [-0.15, -0.1) is 0 Å². The highest BCUT2D eigenvalue weighted by Crippen LogP contribution is 2.23. The number of benzene rings is 1. The number of hydrogen-bond acceptors (Lipinski definition) is 1. The molecule has 0 aliphatic carbocycles. The summed E-state index contributed by atoms with van der Waals surface area (Å²) in [4.78, 5) is 3.15. The molecule has 2 aromatic rings. The largest absolute Gasteiger partial charge is 0.392 e. The van der Waals surface area contributed by atoms with E-state index in [0.29, 0.717) is 0 Å². The van der Waals surface area contributed by atoms with Gasteiger partial charge in [0.05, 0.1) is 6.61 Å². The number of aromatic amines is 1. The van der Waals surface area contributed by atoms with Crippen molar-refractivity contribution in [2.75, 3.05) is 6.61 Å². The molecule has 0 fully saturated rings. The Kier molecular flexibility index (Phi) is 2.80. The molecule has 0 unspecified atom stereocenters. The maximum Gasteiger partial charge on any atom is 0.0642 e. The van der Waals surface area contributed by atoms with Crippen LogP contribution in [0, 0.1) is 0 Å². The van der Waals surface area contributed by atoms with Crippen molar-refractivity contribution in [2.45, 2.75) is 6.92 Å². The van der Waals surface area contributed by atoms with Gasteiger partial charge in [-0.25, -0.2) is 0 Å². The minimum atomic E-state index is 0.0836. The Balaban J connectivity index is 2.54. The van der Waals surface area contributed by atoms with E-state index in [4.69, 9.17) is 16.7 Å². The number of aromatic nitrogens is 1. The average Bonchev–Trinajstić information content (AvgIpc) is 2.60. The SMILES string of the molecule is C/C(=C/c1c[nH]c2cc(Cl)ccc12)CO. The molecule has 0 spiro atoms. The first-order valence-electron chi connectivity index (χ1n) is 4.75. The minimum absolute atomic E-state index is 0.0836. The van der Waals surface area contributed by atoms with Gasteiger partial charge in [0.1, 0.15) is 0 Å². The Morgan fingerprint density at radius 2 is 2.33 bits per heavy atom. The lowest BCUT2D eigenvalue weighted by Gasteiger charge is -1.95. The monoisotopic (exact) mass is 221 g/mol. The van der Waals surface area contributed by atoms with E-state index in [1.807, 2.05) is 37.4 Å². The fourth-order valence-electron chi connectivity index (χ4n) is 1.55. The Morgan fingerprint density at radius 1 is 1.53 bits per heavy atom. The third kappa shape index (κ3) is 2.06. The molecule has 1 aromatic carbocycles. The molecule has 0 saturated heterocycles. The molecule has 15 heavy (non-hydrogen) atoms. The fourth-order valence-corrected chi connectivity index (χ4v) is 1.72. The van der Waals surface area contributed by atoms with E-state index >= 15 is 0 Å². The van der Waals surface area contributed by atoms with Crippen LogP contribution in [-0.4, -0.2) is 16.7 Å². The third-order valence-corrected chi connectivity index (χ3v) is 2.56. The summed E-state index contributed by atoms with van der Waals surface area (Å²) in [6.07, 6.45) is 3.88. The van der Waals surface area contributed by atoms with Crippen LogP contribution in [0.2, 0.25) is 5.02 Å². The van der Waals surface area contributed by atoms with Crippen LogP contribution < -0.4 is 0 Å². The topological polar surface area (TPSA) is 36.0 Å². The van der Waals surface area contributed by atoms with E-state index in [9.17, 15) is 0 Å². The predicted molar refractivity (Wildman–Crippen MR) is 64.0 cm³/mol. The van der Waals surface area contributed by atoms with Crippen molar-refractivity contribution in [1.29, 1.82) is 0 Å². The number of nitrogens with one attached hydrogen (secondary N) is 1. The first-order chi connectivity index (χ1) is 7.20. The Bertz CT molecular complexity index is 513. The molecule has 1 aromatic heterocycles. The minimum Gasteiger partial charge on any atom is -0.392 e. The Labute approximate surface area is 93.2 Å². The van der Waals surface area contributed by atoms with E-state index in [-0.39, 0.29) is 6.61 Å². The van der Waals surface area contributed by atoms with Gasteiger partial charge < -0.3 is 10.1 Å². The third-order valence-electron chi connectivity index (χ3n) is 2.33. The second kappa shape index (κ2) is 4.09. The molecule has 0 radical (unpaired) electrons. The van der Waals surface area contributed by atoms with Gasteiger partial charge in [-0.3, -0.25) is 0 Å². The first kappa shape index (κ1) is 10.3. The van der Waals surface area contributed by atoms with Gasteiger partial charge in [0, 0.05) is 22.1 Å². The van der Waals surface area contributed by atoms with Crippen molar-refractivity contribution in [1.82, 2.24) is 4.98 Å². The molecular formula is C12H12ClNO. The van der Waals surface area contributed by atoms with Gasteiger partial charge in [-0.05, 0) is 30.2 Å². The summed E-state index contributed by atoms with van der Waals surface area (Å²) in [5, 5.41) is 10.8. The summed E-state index contributed by atoms with van der Waals surface area (Å²) in [5.74, 6) is 0. The van der Waals surface area contributed by atoms with Crippen LogP contribution in [0.3, 0.4) is 0 Å². The molecule has 0 bridgehead atoms. The number of fused-ring (bicyclic) bond motifs is 1. The van der Waals surface area contributed by atoms with Crippen LogP contribution in [-0.2, 0) is 0 Å². The second-order valence-electron chi connectivity index (χ2n) is 3.58. The number of rotatable bonds is 2. The van der Waals surface area contributed by atoms with Gasteiger partial charge in [-0.1, -0.05) is 23.7 Å². The molecule has 78 valence electrons. The van der Waals surface area contributed by atoms with E-state index in [0.717, 1.165) is 27.1 Å². The van der Waals surface area contributed by atoms with Crippen molar-refractivity contribution < 1.29 is 5.11 Å². The zero-order valence-electron chi connectivity index (χ0n) is 8.42. The number of aliphatic hydroxyl groups is 1. The number of H-pyrrole nitrogens is 1. The van der Waals surface area contributed by atoms with Crippen LogP contribution in [0.1, 0.15) is 12.5 Å². The summed E-state index contributed by atoms with van der Waals surface area (Å²) in [5.41, 5.74) is 3.03. The molecule has 1 heterocycles. The molecule has 2 N–H and O–H groups in total. The van der Waals surface area contributed by atoms with Crippen LogP contribution in [0.25, 0.3) is 17.0 Å². The molecule has 0 aliphatic heterocycles. The summed E-state index contributed by atoms with van der Waals surface area (Å²) in [6, 6.07) is 5.73. The zero-order chi connectivity index (χ0) is 10.8. The van der Waals surface area contributed by atoms with Crippen LogP contribution >= 0.6 is 11.6 Å². The van der Waals surface area contributed by atoms with E-state index in [1.54, 1.807) is 0 Å². The average molecular weight is 222 g/mol. The normalized spacial score (nSPS) is 12.3. The summed E-state index contributed by atoms with van der Waals surface area (Å²) in [6.45, 7) is 1.98. The molecule has 3 heteroatoms. The van der Waals surface area contributed by atoms with Crippen molar-refractivity contribution in [3.63, 3.8) is 0 Å². The van der Waals surface area contributed by atoms with Gasteiger partial charge in [0.15, 0.2) is 0 Å². The molecule has 0 aliphatic rings. The Hall–Kier alpha value is -1.25. The fraction of sp³-hybridized carbons (Fsp3) is 0.167. The highest BCUT2D eigenvalue weighted by Gasteiger charge is 2.01. The first-order valence-corrected chi connectivity index (χ1v) is 5.13. The van der Waals surface area contributed by atoms with Gasteiger partial charge in [-0.2, -0.15) is 0 Å². The second-order valence-corrected chi connectivity index (χ2v) is 4.02. The summed E-state index contributed by atoms with van der Waals surface area (Å²) in [7, 11) is 0. The smallest absolute Gasteiger partial charge is 0.0642 e. The lowest BCUT2D eigenvalue weighted by atomic mass is 10.1. The molecule has 0 amide bonds. The molecule has 2 nitrogen and oxygen atoms in total. The lowest BCUT2D eigenvalue weighted by Crippen LogP contribution is -1.82. The number of halogens is 1. The van der Waals surface area contributed by atoms with Gasteiger partial charge in [0.25, 0.3) is 0 Å². The van der Waals surface area contributed by atoms with Crippen molar-refractivity contribution in [3.05, 3.63) is 40.6 Å². The van der Waals surface area contributed by atoms with Crippen molar-refractivity contribution in [2.24, 2.45) is 0 Å². The molecule has 0 atom stereocenters. The maximum atomic E-state index is 8.95. The van der Waals surface area contributed by atoms with Gasteiger partial charge >= 0.3 is 0 Å². The van der Waals surface area contributed by atoms with E-state index in [1.165, 1.54) is 0 Å². The molecular weight excluding hydrogens is 210 g/mol. The Morgan fingerprint density at radius 3 is 3.07 bits per heavy atom. The highest BCUT2D eigenvalue weighted by atomic mass is 35.5. The van der Waals surface area contributed by atoms with Crippen molar-refractivity contribution in [3.8, 4) is 0 Å². The van der Waals surface area contributed by atoms with E-state index < -0.39 is 0 Å². The molecule has 2 rings (SSSR count). The van der Waals surface area contributed by atoms with Gasteiger partial charge in [0.2, 0.25) is 0 Å². The number of aliphatic hydroxyl groups excluding tert-OH is 1. The zero-order valence-corrected chi connectivity index (χ0v) is 9.17. The van der Waals surface area contributed by atoms with Crippen molar-refractivity contribution >= 4 is 28.6 Å². The quantitative estimate of drug-likeness (QED) is 0.803. The van der Waals surface area contributed by atoms with E-state index in [2.05, 4.69) is 4.98 Å². The maximum absolute atomic E-state index is 8.95. The summed E-state index contributed by atoms with van der Waals surface area (Å²) >= 11 is 5.89.